The summed E-state index contributed by atoms with van der Waals surface area (Å²) in [6, 6.07) is 2.90. The van der Waals surface area contributed by atoms with E-state index in [1.807, 2.05) is 22.6 Å². The SMILES string of the molecule is CCOC(=O)c1cc2c(I)cc([N+](=O)[O-])n2cn1. The molecule has 0 amide bonds. The maximum atomic E-state index is 11.5. The van der Waals surface area contributed by atoms with Crippen LogP contribution < -0.4 is 0 Å². The van der Waals surface area contributed by atoms with Crippen LogP contribution in [0.5, 0.6) is 0 Å². The van der Waals surface area contributed by atoms with Crippen LogP contribution in [0.15, 0.2) is 18.5 Å². The largest absolute Gasteiger partial charge is 0.461 e. The number of halogens is 1. The van der Waals surface area contributed by atoms with Gasteiger partial charge in [-0.2, -0.15) is 4.40 Å². The Morgan fingerprint density at radius 2 is 2.33 bits per heavy atom. The van der Waals surface area contributed by atoms with E-state index in [1.54, 1.807) is 6.92 Å². The van der Waals surface area contributed by atoms with Crippen molar-refractivity contribution in [2.75, 3.05) is 6.61 Å². The van der Waals surface area contributed by atoms with Crippen LogP contribution in [-0.2, 0) is 4.74 Å². The second kappa shape index (κ2) is 4.88. The minimum atomic E-state index is -0.542. The maximum Gasteiger partial charge on any atom is 0.357 e. The molecule has 0 saturated carbocycles. The van der Waals surface area contributed by atoms with E-state index in [4.69, 9.17) is 4.74 Å². The molecule has 94 valence electrons. The molecule has 7 nitrogen and oxygen atoms in total. The zero-order valence-corrected chi connectivity index (χ0v) is 11.4. The third-order valence-corrected chi connectivity index (χ3v) is 3.13. The average molecular weight is 361 g/mol. The quantitative estimate of drug-likeness (QED) is 0.361. The smallest absolute Gasteiger partial charge is 0.357 e. The average Bonchev–Trinajstić information content (AvgIpc) is 2.67. The third kappa shape index (κ3) is 2.15. The third-order valence-electron chi connectivity index (χ3n) is 2.26. The van der Waals surface area contributed by atoms with Crippen molar-refractivity contribution in [3.05, 3.63) is 37.8 Å². The van der Waals surface area contributed by atoms with Crippen LogP contribution in [0.4, 0.5) is 5.82 Å². The van der Waals surface area contributed by atoms with Crippen molar-refractivity contribution in [2.45, 2.75) is 6.92 Å². The summed E-state index contributed by atoms with van der Waals surface area (Å²) >= 11 is 1.97. The molecule has 0 spiro atoms. The van der Waals surface area contributed by atoms with Crippen LogP contribution in [-0.4, -0.2) is 26.9 Å². The number of nitrogens with zero attached hydrogens (tertiary/aromatic N) is 3. The molecule has 0 bridgehead atoms. The zero-order valence-electron chi connectivity index (χ0n) is 9.29. The van der Waals surface area contributed by atoms with Crippen molar-refractivity contribution in [1.82, 2.24) is 9.38 Å². The van der Waals surface area contributed by atoms with E-state index < -0.39 is 10.9 Å². The van der Waals surface area contributed by atoms with Crippen LogP contribution in [0, 0.1) is 13.7 Å². The van der Waals surface area contributed by atoms with Gasteiger partial charge in [-0.25, -0.2) is 9.78 Å². The topological polar surface area (TPSA) is 86.7 Å². The van der Waals surface area contributed by atoms with Gasteiger partial charge in [0.05, 0.1) is 10.2 Å². The first-order valence-electron chi connectivity index (χ1n) is 5.02. The molecule has 2 aromatic rings. The van der Waals surface area contributed by atoms with Crippen molar-refractivity contribution < 1.29 is 14.5 Å². The molecule has 2 rings (SSSR count). The van der Waals surface area contributed by atoms with E-state index in [0.29, 0.717) is 9.09 Å². The van der Waals surface area contributed by atoms with Gasteiger partial charge in [0.2, 0.25) is 0 Å². The number of fused-ring (bicyclic) bond motifs is 1. The van der Waals surface area contributed by atoms with Crippen LogP contribution in [0.1, 0.15) is 17.4 Å². The van der Waals surface area contributed by atoms with Gasteiger partial charge in [-0.15, -0.1) is 0 Å². The van der Waals surface area contributed by atoms with Gasteiger partial charge < -0.3 is 14.9 Å². The molecule has 0 radical (unpaired) electrons. The van der Waals surface area contributed by atoms with E-state index in [9.17, 15) is 14.9 Å². The van der Waals surface area contributed by atoms with Crippen molar-refractivity contribution in [3.63, 3.8) is 0 Å². The minimum Gasteiger partial charge on any atom is -0.461 e. The lowest BCUT2D eigenvalue weighted by Gasteiger charge is -2.00. The van der Waals surface area contributed by atoms with Crippen molar-refractivity contribution in [1.29, 1.82) is 0 Å². The van der Waals surface area contributed by atoms with Gasteiger partial charge in [0.25, 0.3) is 0 Å². The van der Waals surface area contributed by atoms with Crippen molar-refractivity contribution >= 4 is 39.9 Å². The summed E-state index contributed by atoms with van der Waals surface area (Å²) in [6.07, 6.45) is 1.25. The Kier molecular flexibility index (Phi) is 3.45. The van der Waals surface area contributed by atoms with Gasteiger partial charge in [-0.3, -0.25) is 0 Å². The first-order valence-corrected chi connectivity index (χ1v) is 6.10. The molecule has 0 aliphatic rings. The van der Waals surface area contributed by atoms with Gasteiger partial charge in [0.1, 0.15) is 5.52 Å². The summed E-state index contributed by atoms with van der Waals surface area (Å²) in [5.41, 5.74) is 0.690. The number of nitro groups is 1. The Hall–Kier alpha value is -1.71. The number of ether oxygens (including phenoxy) is 1. The first kappa shape index (κ1) is 12.7. The lowest BCUT2D eigenvalue weighted by Crippen LogP contribution is -2.08. The Labute approximate surface area is 115 Å². The van der Waals surface area contributed by atoms with E-state index in [-0.39, 0.29) is 18.1 Å². The number of carbonyl (C=O) groups excluding carboxylic acids is 1. The fraction of sp³-hybridized carbons (Fsp3) is 0.200. The lowest BCUT2D eigenvalue weighted by molar-refractivity contribution is -0.390. The molecule has 0 fully saturated rings. The highest BCUT2D eigenvalue weighted by Gasteiger charge is 2.19. The van der Waals surface area contributed by atoms with Gasteiger partial charge >= 0.3 is 11.8 Å². The summed E-state index contributed by atoms with van der Waals surface area (Å²) in [6.45, 7) is 1.95. The van der Waals surface area contributed by atoms with Crippen LogP contribution in [0.25, 0.3) is 5.52 Å². The maximum absolute atomic E-state index is 11.5. The number of rotatable bonds is 3. The summed E-state index contributed by atoms with van der Waals surface area (Å²) < 4.78 is 6.82. The normalized spacial score (nSPS) is 10.6. The lowest BCUT2D eigenvalue weighted by atomic mass is 10.3. The summed E-state index contributed by atoms with van der Waals surface area (Å²) in [7, 11) is 0. The van der Waals surface area contributed by atoms with E-state index in [2.05, 4.69) is 4.98 Å². The molecule has 0 N–H and O–H groups in total. The number of esters is 1. The van der Waals surface area contributed by atoms with E-state index >= 15 is 0 Å². The summed E-state index contributed by atoms with van der Waals surface area (Å²) in [5, 5.41) is 10.8. The highest BCUT2D eigenvalue weighted by molar-refractivity contribution is 14.1. The molecule has 2 aromatic heterocycles. The Morgan fingerprint density at radius 1 is 1.61 bits per heavy atom. The molecular formula is C10H8IN3O4. The molecule has 2 heterocycles. The Bertz CT molecular complexity index is 637. The fourth-order valence-electron chi connectivity index (χ4n) is 1.50. The van der Waals surface area contributed by atoms with Crippen LogP contribution in [0.3, 0.4) is 0 Å². The molecule has 0 atom stereocenters. The van der Waals surface area contributed by atoms with Crippen molar-refractivity contribution in [2.24, 2.45) is 0 Å². The zero-order chi connectivity index (χ0) is 13.3. The number of aromatic nitrogens is 2. The predicted octanol–water partition coefficient (Wildman–Crippen LogP) is 2.02. The molecular weight excluding hydrogens is 353 g/mol. The number of carbonyl (C=O) groups is 1. The van der Waals surface area contributed by atoms with Gasteiger partial charge in [-0.1, -0.05) is 0 Å². The van der Waals surface area contributed by atoms with Crippen LogP contribution in [0.2, 0.25) is 0 Å². The second-order valence-electron chi connectivity index (χ2n) is 3.36. The van der Waals surface area contributed by atoms with Gasteiger partial charge in [-0.05, 0) is 34.4 Å². The van der Waals surface area contributed by atoms with E-state index in [0.717, 1.165) is 0 Å². The fourth-order valence-corrected chi connectivity index (χ4v) is 2.19. The molecule has 0 unspecified atom stereocenters. The van der Waals surface area contributed by atoms with Crippen LogP contribution >= 0.6 is 22.6 Å². The highest BCUT2D eigenvalue weighted by Crippen LogP contribution is 2.24. The molecule has 0 aliphatic heterocycles. The molecule has 0 saturated heterocycles. The number of hydrogen-bond acceptors (Lipinski definition) is 5. The Morgan fingerprint density at radius 3 is 2.94 bits per heavy atom. The molecule has 0 aliphatic carbocycles. The van der Waals surface area contributed by atoms with Gasteiger partial charge in [0.15, 0.2) is 12.0 Å². The Balaban J connectivity index is 2.56. The minimum absolute atomic E-state index is 0.0858. The van der Waals surface area contributed by atoms with Gasteiger partial charge in [0, 0.05) is 12.1 Å². The van der Waals surface area contributed by atoms with Crippen molar-refractivity contribution in [3.8, 4) is 0 Å². The first-order chi connectivity index (χ1) is 8.54. The molecule has 8 heteroatoms. The second-order valence-corrected chi connectivity index (χ2v) is 4.52. The predicted molar refractivity (Wildman–Crippen MR) is 70.5 cm³/mol. The van der Waals surface area contributed by atoms with E-state index in [1.165, 1.54) is 22.9 Å². The standard InChI is InChI=1S/C10H8IN3O4/c1-2-18-10(15)7-4-8-6(11)3-9(14(16)17)13(8)5-12-7/h3-5H,2H2,1H3. The number of hydrogen-bond donors (Lipinski definition) is 0. The summed E-state index contributed by atoms with van der Waals surface area (Å²) in [4.78, 5) is 25.7. The molecule has 0 aromatic carbocycles. The highest BCUT2D eigenvalue weighted by atomic mass is 127. The monoisotopic (exact) mass is 361 g/mol. The molecule has 18 heavy (non-hydrogen) atoms. The summed E-state index contributed by atoms with van der Waals surface area (Å²) in [5.74, 6) is -0.628.